The molecule has 1 fully saturated rings. The van der Waals surface area contributed by atoms with Gasteiger partial charge in [0.15, 0.2) is 23.3 Å². The Morgan fingerprint density at radius 1 is 1.15 bits per heavy atom. The lowest BCUT2D eigenvalue weighted by Gasteiger charge is -2.48. The maximum absolute atomic E-state index is 15.4. The zero-order valence-electron chi connectivity index (χ0n) is 25.0. The predicted octanol–water partition coefficient (Wildman–Crippen LogP) is 3.28. The normalized spacial score (nSPS) is 25.1. The van der Waals surface area contributed by atoms with Gasteiger partial charge >= 0.3 is 12.3 Å². The number of amides is 2. The Kier molecular flexibility index (Phi) is 7.77. The maximum Gasteiger partial charge on any atom is 0.573 e. The fourth-order valence-corrected chi connectivity index (χ4v) is 8.72. The van der Waals surface area contributed by atoms with E-state index in [0.29, 0.717) is 4.31 Å². The lowest BCUT2D eigenvalue weighted by Crippen LogP contribution is -2.69. The van der Waals surface area contributed by atoms with Gasteiger partial charge in [-0.3, -0.25) is 14.1 Å². The number of quaternary nitrogens is 1. The van der Waals surface area contributed by atoms with Gasteiger partial charge in [-0.1, -0.05) is 17.7 Å². The summed E-state index contributed by atoms with van der Waals surface area (Å²) >= 11 is 6.37. The molecular formula is C30H28ClF3N3O9S+. The average molecular weight is 699 g/mol. The van der Waals surface area contributed by atoms with E-state index < -0.39 is 61.0 Å². The molecule has 17 heteroatoms. The van der Waals surface area contributed by atoms with E-state index in [2.05, 4.69) is 10.1 Å². The highest BCUT2D eigenvalue weighted by Crippen LogP contribution is 2.59. The Hall–Kier alpha value is -4.25. The number of anilines is 1. The van der Waals surface area contributed by atoms with Crippen LogP contribution in [0.1, 0.15) is 17.5 Å². The molecule has 3 aromatic rings. The highest BCUT2D eigenvalue weighted by Gasteiger charge is 2.72. The fourth-order valence-electron chi connectivity index (χ4n) is 7.00. The number of likely N-dealkylation sites (tertiary alicyclic amines) is 1. The molecule has 4 atom stereocenters. The highest BCUT2D eigenvalue weighted by molar-refractivity contribution is 7.93. The molecule has 47 heavy (non-hydrogen) atoms. The number of alkyl halides is 3. The largest absolute Gasteiger partial charge is 0.573 e. The van der Waals surface area contributed by atoms with E-state index in [1.165, 1.54) is 45.5 Å². The van der Waals surface area contributed by atoms with Crippen molar-refractivity contribution in [3.05, 3.63) is 70.7 Å². The molecule has 2 amide bonds. The number of fused-ring (bicyclic) bond motifs is 2. The number of hydrogen-bond donors (Lipinski definition) is 2. The number of likely N-dealkylation sites (N-methyl/N-ethyl adjacent to an activating group) is 2. The molecule has 12 nitrogen and oxygen atoms in total. The van der Waals surface area contributed by atoms with Crippen molar-refractivity contribution in [3.8, 4) is 23.0 Å². The summed E-state index contributed by atoms with van der Waals surface area (Å²) in [6.07, 6.45) is -6.53. The molecule has 0 aromatic heterocycles. The monoisotopic (exact) mass is 698 g/mol. The molecule has 3 aromatic carbocycles. The second-order valence-electron chi connectivity index (χ2n) is 11.3. The van der Waals surface area contributed by atoms with Gasteiger partial charge in [0.05, 0.1) is 31.0 Å². The number of carbonyl (C=O) groups excluding carboxylic acids is 2. The smallest absolute Gasteiger partial charge is 0.497 e. The second kappa shape index (κ2) is 11.2. The summed E-state index contributed by atoms with van der Waals surface area (Å²) in [4.78, 5) is 27.8. The molecule has 0 radical (unpaired) electrons. The maximum atomic E-state index is 15.4. The SMILES string of the molecule is CNC(=O)[C@@H]1C[C@@H](O)C[N+]1(C)C1(c2cccc3c2OCO3)C(=O)N(S(=O)(=O)c2ccc(OC)cc2OC(F)(F)F)c2cc(Cl)ccc21. The number of benzene rings is 3. The third-order valence-electron chi connectivity index (χ3n) is 8.83. The van der Waals surface area contributed by atoms with Crippen LogP contribution in [0.5, 0.6) is 23.0 Å². The van der Waals surface area contributed by atoms with Crippen LogP contribution in [0.2, 0.25) is 5.02 Å². The number of aliphatic hydroxyl groups excluding tert-OH is 1. The van der Waals surface area contributed by atoms with E-state index in [1.54, 1.807) is 12.1 Å². The van der Waals surface area contributed by atoms with Crippen molar-refractivity contribution in [3.63, 3.8) is 0 Å². The van der Waals surface area contributed by atoms with Crippen molar-refractivity contribution in [2.45, 2.75) is 35.4 Å². The van der Waals surface area contributed by atoms with Crippen LogP contribution in [0.3, 0.4) is 0 Å². The van der Waals surface area contributed by atoms with Gasteiger partial charge in [0.25, 0.3) is 15.9 Å². The molecule has 0 spiro atoms. The van der Waals surface area contributed by atoms with Gasteiger partial charge in [-0.2, -0.15) is 4.31 Å². The lowest BCUT2D eigenvalue weighted by molar-refractivity contribution is -0.953. The first-order valence-electron chi connectivity index (χ1n) is 14.1. The summed E-state index contributed by atoms with van der Waals surface area (Å²) in [6.45, 7) is -0.448. The number of nitrogens with one attached hydrogen (secondary N) is 1. The first-order chi connectivity index (χ1) is 22.1. The third kappa shape index (κ3) is 4.84. The van der Waals surface area contributed by atoms with Crippen LogP contribution in [0.15, 0.2) is 59.5 Å². The number of para-hydroxylation sites is 1. The van der Waals surface area contributed by atoms with E-state index >= 15 is 4.79 Å². The topological polar surface area (TPSA) is 141 Å². The standard InChI is InChI=1S/C30H27ClF3N3O9S/c1-35-27(39)22-12-17(38)14-37(22,2)29(20-5-4-6-23-26(20)45-15-44-23)19-9-7-16(31)11-21(19)36(28(29)40)47(41,42)25-10-8-18(43-3)13-24(25)46-30(32,33)34/h4-11,13,17,22,38H,12,14-15H2,1-3H3/p+1/t17-,22+,29?,37?/m1/s1. The lowest BCUT2D eigenvalue weighted by atomic mass is 9.78. The van der Waals surface area contributed by atoms with Crippen LogP contribution < -0.4 is 28.6 Å². The zero-order chi connectivity index (χ0) is 34.1. The Bertz CT molecular complexity index is 1910. The fraction of sp³-hybridized carbons (Fsp3) is 0.333. The summed E-state index contributed by atoms with van der Waals surface area (Å²) in [6, 6.07) is 10.2. The summed E-state index contributed by atoms with van der Waals surface area (Å²) < 4.78 is 90.2. The summed E-state index contributed by atoms with van der Waals surface area (Å²) in [5.74, 6) is -2.70. The van der Waals surface area contributed by atoms with E-state index in [4.69, 9.17) is 25.8 Å². The van der Waals surface area contributed by atoms with E-state index in [9.17, 15) is 31.5 Å². The molecule has 2 N–H and O–H groups in total. The van der Waals surface area contributed by atoms with Crippen LogP contribution in [0.25, 0.3) is 0 Å². The quantitative estimate of drug-likeness (QED) is 0.356. The predicted molar refractivity (Wildman–Crippen MR) is 159 cm³/mol. The van der Waals surface area contributed by atoms with Gasteiger partial charge < -0.3 is 29.4 Å². The van der Waals surface area contributed by atoms with Crippen molar-refractivity contribution >= 4 is 39.1 Å². The molecule has 0 aliphatic carbocycles. The van der Waals surface area contributed by atoms with Gasteiger partial charge in [0.1, 0.15) is 23.3 Å². The number of hydrogen-bond acceptors (Lipinski definition) is 9. The van der Waals surface area contributed by atoms with Crippen molar-refractivity contribution in [2.75, 3.05) is 38.8 Å². The number of halogens is 4. The van der Waals surface area contributed by atoms with Crippen LogP contribution in [-0.2, 0) is 25.2 Å². The number of nitrogens with zero attached hydrogens (tertiary/aromatic N) is 2. The van der Waals surface area contributed by atoms with Gasteiger partial charge in [0, 0.05) is 24.6 Å². The van der Waals surface area contributed by atoms with Gasteiger partial charge in [-0.05, 0) is 42.5 Å². The molecule has 2 unspecified atom stereocenters. The van der Waals surface area contributed by atoms with E-state index in [-0.39, 0.29) is 58.8 Å². The van der Waals surface area contributed by atoms with Crippen LogP contribution in [0.4, 0.5) is 18.9 Å². The number of methoxy groups -OCH3 is 1. The molecule has 1 saturated heterocycles. The first kappa shape index (κ1) is 32.7. The average Bonchev–Trinajstić information content (AvgIpc) is 3.68. The van der Waals surface area contributed by atoms with Crippen molar-refractivity contribution < 1.29 is 59.7 Å². The van der Waals surface area contributed by atoms with Crippen molar-refractivity contribution in [2.24, 2.45) is 0 Å². The molecule has 0 saturated carbocycles. The molecule has 3 aliphatic heterocycles. The second-order valence-corrected chi connectivity index (χ2v) is 13.5. The zero-order valence-corrected chi connectivity index (χ0v) is 26.6. The Morgan fingerprint density at radius 3 is 2.57 bits per heavy atom. The van der Waals surface area contributed by atoms with Gasteiger partial charge in [0.2, 0.25) is 12.3 Å². The Balaban J connectivity index is 1.70. The van der Waals surface area contributed by atoms with E-state index in [0.717, 1.165) is 18.2 Å². The first-order valence-corrected chi connectivity index (χ1v) is 15.9. The number of aliphatic hydroxyl groups is 1. The molecule has 0 bridgehead atoms. The van der Waals surface area contributed by atoms with Gasteiger partial charge in [-0.25, -0.2) is 8.42 Å². The number of ether oxygens (including phenoxy) is 4. The van der Waals surface area contributed by atoms with Crippen molar-refractivity contribution in [1.82, 2.24) is 5.32 Å². The molecule has 3 heterocycles. The Morgan fingerprint density at radius 2 is 1.89 bits per heavy atom. The summed E-state index contributed by atoms with van der Waals surface area (Å²) in [7, 11) is -1.17. The molecule has 250 valence electrons. The molecule has 6 rings (SSSR count). The van der Waals surface area contributed by atoms with E-state index in [1.807, 2.05) is 0 Å². The number of rotatable bonds is 7. The minimum atomic E-state index is -5.32. The minimum Gasteiger partial charge on any atom is -0.497 e. The van der Waals surface area contributed by atoms with Crippen LogP contribution in [-0.4, -0.2) is 82.9 Å². The van der Waals surface area contributed by atoms with Gasteiger partial charge in [-0.15, -0.1) is 13.2 Å². The minimum absolute atomic E-state index is 0.00104. The number of carbonyl (C=O) groups is 2. The summed E-state index contributed by atoms with van der Waals surface area (Å²) in [5.41, 5.74) is -2.30. The number of sulfonamides is 1. The van der Waals surface area contributed by atoms with Crippen LogP contribution in [0, 0.1) is 0 Å². The Labute approximate surface area is 271 Å². The molecule has 3 aliphatic rings. The van der Waals surface area contributed by atoms with Crippen LogP contribution >= 0.6 is 11.6 Å². The molecular weight excluding hydrogens is 671 g/mol. The summed E-state index contributed by atoms with van der Waals surface area (Å²) in [5, 5.41) is 13.6. The van der Waals surface area contributed by atoms with Crippen molar-refractivity contribution in [1.29, 1.82) is 0 Å². The third-order valence-corrected chi connectivity index (χ3v) is 10.8. The highest BCUT2D eigenvalue weighted by atomic mass is 35.5.